The smallest absolute Gasteiger partial charge is 0.263 e. The van der Waals surface area contributed by atoms with Crippen LogP contribution in [0, 0.1) is 19.3 Å². The Morgan fingerprint density at radius 1 is 1.18 bits per heavy atom. The molecular weight excluding hydrogens is 395 g/mol. The van der Waals surface area contributed by atoms with Crippen LogP contribution in [0.2, 0.25) is 10.0 Å². The van der Waals surface area contributed by atoms with Crippen molar-refractivity contribution in [3.8, 4) is 5.69 Å². The maximum atomic E-state index is 13.2. The van der Waals surface area contributed by atoms with E-state index in [0.29, 0.717) is 33.2 Å². The van der Waals surface area contributed by atoms with Gasteiger partial charge in [-0.1, -0.05) is 35.7 Å². The number of halogens is 2. The fraction of sp³-hybridized carbons (Fsp3) is 0.524. The molecule has 0 unspecified atom stereocenters. The molecule has 1 aliphatic heterocycles. The maximum Gasteiger partial charge on any atom is 0.263 e. The quantitative estimate of drug-likeness (QED) is 0.787. The summed E-state index contributed by atoms with van der Waals surface area (Å²) in [5, 5.41) is 0.778. The first-order valence-corrected chi connectivity index (χ1v) is 10.6. The van der Waals surface area contributed by atoms with Gasteiger partial charge in [-0.15, -0.1) is 0 Å². The van der Waals surface area contributed by atoms with E-state index in [1.807, 2.05) is 13.8 Å². The van der Waals surface area contributed by atoms with Crippen LogP contribution in [-0.4, -0.2) is 28.7 Å². The highest BCUT2D eigenvalue weighted by Crippen LogP contribution is 2.46. The summed E-state index contributed by atoms with van der Waals surface area (Å²) in [5.74, 6) is 1.38. The number of benzene rings is 1. The maximum absolute atomic E-state index is 13.2. The van der Waals surface area contributed by atoms with Crippen molar-refractivity contribution in [2.45, 2.75) is 52.0 Å². The molecule has 7 heteroatoms. The van der Waals surface area contributed by atoms with Crippen molar-refractivity contribution in [2.24, 2.45) is 11.1 Å². The van der Waals surface area contributed by atoms with Gasteiger partial charge in [0.2, 0.25) is 0 Å². The molecule has 150 valence electrons. The van der Waals surface area contributed by atoms with E-state index in [2.05, 4.69) is 4.90 Å². The van der Waals surface area contributed by atoms with E-state index < -0.39 is 0 Å². The number of hydrogen-bond acceptors (Lipinski definition) is 4. The van der Waals surface area contributed by atoms with Crippen molar-refractivity contribution in [3.63, 3.8) is 0 Å². The van der Waals surface area contributed by atoms with Crippen LogP contribution in [0.4, 0.5) is 5.82 Å². The van der Waals surface area contributed by atoms with Gasteiger partial charge in [0.1, 0.15) is 11.6 Å². The van der Waals surface area contributed by atoms with Gasteiger partial charge in [-0.25, -0.2) is 4.98 Å². The fourth-order valence-corrected chi connectivity index (χ4v) is 5.28. The van der Waals surface area contributed by atoms with Crippen molar-refractivity contribution in [1.29, 1.82) is 0 Å². The number of nitrogens with zero attached hydrogens (tertiary/aromatic N) is 3. The monoisotopic (exact) mass is 420 g/mol. The molecule has 1 saturated carbocycles. The van der Waals surface area contributed by atoms with E-state index >= 15 is 0 Å². The average molecular weight is 421 g/mol. The molecule has 4 rings (SSSR count). The second-order valence-corrected chi connectivity index (χ2v) is 8.95. The molecule has 0 radical (unpaired) electrons. The molecule has 1 saturated heterocycles. The van der Waals surface area contributed by atoms with Crippen LogP contribution in [0.15, 0.2) is 23.0 Å². The highest BCUT2D eigenvalue weighted by Gasteiger charge is 2.43. The zero-order valence-electron chi connectivity index (χ0n) is 16.3. The van der Waals surface area contributed by atoms with E-state index in [1.165, 1.54) is 12.8 Å². The first-order chi connectivity index (χ1) is 13.3. The van der Waals surface area contributed by atoms with Crippen molar-refractivity contribution >= 4 is 29.0 Å². The van der Waals surface area contributed by atoms with E-state index in [9.17, 15) is 4.79 Å². The third-order valence-electron chi connectivity index (χ3n) is 6.66. The van der Waals surface area contributed by atoms with Gasteiger partial charge in [0.15, 0.2) is 0 Å². The second kappa shape index (κ2) is 7.36. The summed E-state index contributed by atoms with van der Waals surface area (Å²) in [6, 6.07) is 5.59. The highest BCUT2D eigenvalue weighted by molar-refractivity contribution is 6.43. The molecule has 1 aromatic carbocycles. The summed E-state index contributed by atoms with van der Waals surface area (Å²) >= 11 is 12.5. The Morgan fingerprint density at radius 3 is 2.54 bits per heavy atom. The van der Waals surface area contributed by atoms with Gasteiger partial charge in [0.25, 0.3) is 5.56 Å². The minimum atomic E-state index is -0.107. The zero-order valence-corrected chi connectivity index (χ0v) is 17.9. The van der Waals surface area contributed by atoms with Gasteiger partial charge in [-0.2, -0.15) is 0 Å². The van der Waals surface area contributed by atoms with Crippen LogP contribution in [0.3, 0.4) is 0 Å². The first-order valence-electron chi connectivity index (χ1n) is 9.89. The Bertz CT molecular complexity index is 964. The lowest BCUT2D eigenvalue weighted by molar-refractivity contribution is 0.197. The topological polar surface area (TPSA) is 64.2 Å². The standard InChI is InChI=1S/C21H26Cl2N4O/c1-13-19(26-11-9-21(10-12-26)8-4-7-17(21)24)25-14(2)27(20(13)28)16-6-3-5-15(22)18(16)23/h3,5-6,17H,4,7-12,24H2,1-2H3/t17-/m1/s1. The lowest BCUT2D eigenvalue weighted by atomic mass is 9.74. The minimum Gasteiger partial charge on any atom is -0.356 e. The Labute approximate surface area is 175 Å². The zero-order chi connectivity index (χ0) is 20.1. The predicted octanol–water partition coefficient (Wildman–Crippen LogP) is 4.25. The highest BCUT2D eigenvalue weighted by atomic mass is 35.5. The van der Waals surface area contributed by atoms with Crippen LogP contribution in [0.25, 0.3) is 5.69 Å². The molecule has 28 heavy (non-hydrogen) atoms. The van der Waals surface area contributed by atoms with Crippen molar-refractivity contribution in [1.82, 2.24) is 9.55 Å². The molecule has 2 N–H and O–H groups in total. The molecule has 2 fully saturated rings. The number of nitrogens with two attached hydrogens (primary N) is 1. The minimum absolute atomic E-state index is 0.107. The van der Waals surface area contributed by atoms with Gasteiger partial charge >= 0.3 is 0 Å². The molecule has 0 bridgehead atoms. The van der Waals surface area contributed by atoms with Gasteiger partial charge in [0.05, 0.1) is 21.3 Å². The third-order valence-corrected chi connectivity index (χ3v) is 7.47. The van der Waals surface area contributed by atoms with Crippen LogP contribution in [0.5, 0.6) is 0 Å². The summed E-state index contributed by atoms with van der Waals surface area (Å²) < 4.78 is 1.55. The van der Waals surface area contributed by atoms with Gasteiger partial charge < -0.3 is 10.6 Å². The molecule has 2 heterocycles. The molecule has 2 aromatic rings. The average Bonchev–Trinajstić information content (AvgIpc) is 3.02. The van der Waals surface area contributed by atoms with E-state index in [4.69, 9.17) is 33.9 Å². The second-order valence-electron chi connectivity index (χ2n) is 8.17. The number of hydrogen-bond donors (Lipinski definition) is 1. The number of piperidine rings is 1. The SMILES string of the molecule is Cc1c(N2CCC3(CCC[C@H]3N)CC2)nc(C)n(-c2cccc(Cl)c2Cl)c1=O. The van der Waals surface area contributed by atoms with Crippen LogP contribution < -0.4 is 16.2 Å². The first kappa shape index (κ1) is 19.7. The number of aryl methyl sites for hydroxylation is 1. The number of anilines is 1. The molecule has 1 aliphatic carbocycles. The summed E-state index contributed by atoms with van der Waals surface area (Å²) in [4.78, 5) is 20.2. The van der Waals surface area contributed by atoms with Crippen LogP contribution >= 0.6 is 23.2 Å². The summed E-state index contributed by atoms with van der Waals surface area (Å²) in [7, 11) is 0. The van der Waals surface area contributed by atoms with Crippen molar-refractivity contribution < 1.29 is 0 Å². The Morgan fingerprint density at radius 2 is 1.89 bits per heavy atom. The summed E-state index contributed by atoms with van der Waals surface area (Å²) in [6.07, 6.45) is 5.72. The third kappa shape index (κ3) is 3.14. The molecule has 0 amide bonds. The molecule has 1 atom stereocenters. The normalized spacial score (nSPS) is 21.5. The van der Waals surface area contributed by atoms with E-state index in [1.54, 1.807) is 22.8 Å². The van der Waals surface area contributed by atoms with Crippen molar-refractivity contribution in [2.75, 3.05) is 18.0 Å². The Balaban J connectivity index is 1.68. The van der Waals surface area contributed by atoms with E-state index in [0.717, 1.165) is 38.2 Å². The molecule has 5 nitrogen and oxygen atoms in total. The van der Waals surface area contributed by atoms with Crippen LogP contribution in [0.1, 0.15) is 43.5 Å². The van der Waals surface area contributed by atoms with Gasteiger partial charge in [0, 0.05) is 19.1 Å². The Kier molecular flexibility index (Phi) is 5.19. The van der Waals surface area contributed by atoms with Gasteiger partial charge in [-0.3, -0.25) is 9.36 Å². The lowest BCUT2D eigenvalue weighted by Crippen LogP contribution is -2.47. The predicted molar refractivity (Wildman–Crippen MR) is 115 cm³/mol. The number of aromatic nitrogens is 2. The number of rotatable bonds is 2. The lowest BCUT2D eigenvalue weighted by Gasteiger charge is -2.42. The van der Waals surface area contributed by atoms with Crippen LogP contribution in [-0.2, 0) is 0 Å². The van der Waals surface area contributed by atoms with Crippen molar-refractivity contribution in [3.05, 3.63) is 50.0 Å². The van der Waals surface area contributed by atoms with E-state index in [-0.39, 0.29) is 11.0 Å². The largest absolute Gasteiger partial charge is 0.356 e. The van der Waals surface area contributed by atoms with Gasteiger partial charge in [-0.05, 0) is 57.1 Å². The Hall–Kier alpha value is -1.56. The molecular formula is C21H26Cl2N4O. The molecule has 1 aromatic heterocycles. The molecule has 1 spiro atoms. The fourth-order valence-electron chi connectivity index (χ4n) is 4.90. The summed E-state index contributed by atoms with van der Waals surface area (Å²) in [6.45, 7) is 5.45. The summed E-state index contributed by atoms with van der Waals surface area (Å²) in [5.41, 5.74) is 7.78. The molecule has 2 aliphatic rings.